The maximum Gasteiger partial charge on any atom is 0.287 e. The van der Waals surface area contributed by atoms with Gasteiger partial charge in [-0.3, -0.25) is 10.2 Å². The van der Waals surface area contributed by atoms with Gasteiger partial charge in [-0.05, 0) is 56.1 Å². The van der Waals surface area contributed by atoms with E-state index in [2.05, 4.69) is 26.3 Å². The molecule has 44 heavy (non-hydrogen) atoms. The molecule has 10 heteroatoms. The van der Waals surface area contributed by atoms with Gasteiger partial charge < -0.3 is 32.3 Å². The second-order valence-electron chi connectivity index (χ2n) is 10.4. The van der Waals surface area contributed by atoms with Crippen molar-refractivity contribution in [3.63, 3.8) is 0 Å². The average Bonchev–Trinajstić information content (AvgIpc) is 3.73. The molecule has 0 bridgehead atoms. The van der Waals surface area contributed by atoms with E-state index in [4.69, 9.17) is 21.3 Å². The van der Waals surface area contributed by atoms with Gasteiger partial charge in [-0.2, -0.15) is 0 Å². The molecule has 6 rings (SSSR count). The Morgan fingerprint density at radius 1 is 0.955 bits per heavy atom. The van der Waals surface area contributed by atoms with Crippen LogP contribution in [0.1, 0.15) is 58.5 Å². The van der Waals surface area contributed by atoms with Gasteiger partial charge in [0.2, 0.25) is 0 Å². The number of carbonyl (C=O) groups is 1. The number of anilines is 3. The summed E-state index contributed by atoms with van der Waals surface area (Å²) in [7, 11) is 1.50. The summed E-state index contributed by atoms with van der Waals surface area (Å²) in [4.78, 5) is 21.0. The smallest absolute Gasteiger partial charge is 0.287 e. The normalized spacial score (nSPS) is 12.4. The van der Waals surface area contributed by atoms with E-state index in [0.717, 1.165) is 35.0 Å². The summed E-state index contributed by atoms with van der Waals surface area (Å²) >= 11 is 0. The van der Waals surface area contributed by atoms with E-state index in [1.54, 1.807) is 6.07 Å². The van der Waals surface area contributed by atoms with Crippen LogP contribution < -0.4 is 27.8 Å². The Labute approximate surface area is 257 Å². The average molecular weight is 593 g/mol. The fraction of sp³-hybridized carbons (Fsp3) is 0.235. The lowest BCUT2D eigenvalue weighted by atomic mass is 10.0. The molecule has 228 valence electrons. The number of benzene rings is 3. The number of aromatic nitrogens is 2. The maximum atomic E-state index is 12.5. The summed E-state index contributed by atoms with van der Waals surface area (Å²) in [5.41, 5.74) is 21.2. The Bertz CT molecular complexity index is 1640. The van der Waals surface area contributed by atoms with Crippen LogP contribution in [0.4, 0.5) is 17.3 Å². The fourth-order valence-corrected chi connectivity index (χ4v) is 4.90. The van der Waals surface area contributed by atoms with Crippen LogP contribution in [0.3, 0.4) is 0 Å². The van der Waals surface area contributed by atoms with E-state index in [0.29, 0.717) is 35.1 Å². The van der Waals surface area contributed by atoms with E-state index in [1.165, 1.54) is 26.2 Å². The lowest BCUT2D eigenvalue weighted by molar-refractivity contribution is 0.0925. The van der Waals surface area contributed by atoms with E-state index < -0.39 is 0 Å². The third-order valence-corrected chi connectivity index (χ3v) is 7.36. The molecule has 10 nitrogen and oxygen atoms in total. The second-order valence-corrected chi connectivity index (χ2v) is 10.4. The number of fused-ring (bicyclic) bond motifs is 1. The zero-order valence-electron chi connectivity index (χ0n) is 25.1. The van der Waals surface area contributed by atoms with E-state index in [-0.39, 0.29) is 23.2 Å². The van der Waals surface area contributed by atoms with Gasteiger partial charge in [-0.1, -0.05) is 73.5 Å². The Hall–Kier alpha value is -5.22. The van der Waals surface area contributed by atoms with Crippen LogP contribution in [0.2, 0.25) is 0 Å². The van der Waals surface area contributed by atoms with Crippen LogP contribution in [0, 0.1) is 12.3 Å². The number of hydrogen-bond acceptors (Lipinski definition) is 9. The molecule has 0 saturated heterocycles. The fourth-order valence-electron chi connectivity index (χ4n) is 4.90. The van der Waals surface area contributed by atoms with Crippen LogP contribution >= 0.6 is 0 Å². The number of carbonyl (C=O) groups excluding carboxylic acids is 1. The number of hydrogen-bond donors (Lipinski definition) is 6. The van der Waals surface area contributed by atoms with Crippen LogP contribution in [0.25, 0.3) is 11.0 Å². The summed E-state index contributed by atoms with van der Waals surface area (Å²) in [5, 5.41) is 16.0. The van der Waals surface area contributed by atoms with Crippen molar-refractivity contribution >= 4 is 39.9 Å². The Morgan fingerprint density at radius 3 is 2.30 bits per heavy atom. The van der Waals surface area contributed by atoms with Gasteiger partial charge in [0, 0.05) is 29.2 Å². The van der Waals surface area contributed by atoms with Gasteiger partial charge in [0.25, 0.3) is 5.91 Å². The van der Waals surface area contributed by atoms with Crippen molar-refractivity contribution in [2.24, 2.45) is 5.73 Å². The molecule has 1 amide bonds. The number of amides is 1. The topological polar surface area (TPSA) is 182 Å². The summed E-state index contributed by atoms with van der Waals surface area (Å²) in [6.45, 7) is 2.34. The Kier molecular flexibility index (Phi) is 11.0. The first kappa shape index (κ1) is 31.7. The second kappa shape index (κ2) is 15.3. The molecule has 0 atom stereocenters. The minimum Gasteiger partial charge on any atom is -0.451 e. The lowest BCUT2D eigenvalue weighted by Gasteiger charge is -2.17. The third-order valence-electron chi connectivity index (χ3n) is 7.36. The van der Waals surface area contributed by atoms with Crippen LogP contribution in [-0.2, 0) is 6.54 Å². The maximum absolute atomic E-state index is 12.5. The molecular formula is C34H40N8O2. The van der Waals surface area contributed by atoms with Crippen LogP contribution in [0.15, 0.2) is 89.6 Å². The highest BCUT2D eigenvalue weighted by atomic mass is 16.3. The van der Waals surface area contributed by atoms with Crippen molar-refractivity contribution in [1.29, 1.82) is 5.41 Å². The van der Waals surface area contributed by atoms with Crippen LogP contribution in [0.5, 0.6) is 0 Å². The van der Waals surface area contributed by atoms with Crippen molar-refractivity contribution in [2.45, 2.75) is 45.2 Å². The number of para-hydroxylation sites is 2. The van der Waals surface area contributed by atoms with Crippen LogP contribution in [-0.4, -0.2) is 34.7 Å². The molecular weight excluding hydrogens is 552 g/mol. The SMILES string of the molecule is CN.Cc1ccccc1N.N=C(c1ccc(CNC(=O)c2cc3ccccc3o2)cc1)c1c(N)ncnc1NC1CCCC1. The molecule has 1 aliphatic rings. The summed E-state index contributed by atoms with van der Waals surface area (Å²) in [6, 6.07) is 24.8. The number of rotatable bonds is 7. The molecule has 9 N–H and O–H groups in total. The monoisotopic (exact) mass is 592 g/mol. The van der Waals surface area contributed by atoms with Gasteiger partial charge in [-0.15, -0.1) is 0 Å². The molecule has 2 heterocycles. The molecule has 1 saturated carbocycles. The van der Waals surface area contributed by atoms with E-state index >= 15 is 0 Å². The van der Waals surface area contributed by atoms with Crippen molar-refractivity contribution in [1.82, 2.24) is 15.3 Å². The lowest BCUT2D eigenvalue weighted by Crippen LogP contribution is -2.22. The van der Waals surface area contributed by atoms with Crippen molar-refractivity contribution in [3.05, 3.63) is 113 Å². The van der Waals surface area contributed by atoms with Gasteiger partial charge in [-0.25, -0.2) is 9.97 Å². The summed E-state index contributed by atoms with van der Waals surface area (Å²) < 4.78 is 5.62. The van der Waals surface area contributed by atoms with Crippen molar-refractivity contribution < 1.29 is 9.21 Å². The highest BCUT2D eigenvalue weighted by Crippen LogP contribution is 2.27. The molecule has 1 fully saturated rings. The third kappa shape index (κ3) is 7.99. The first-order chi connectivity index (χ1) is 21.4. The van der Waals surface area contributed by atoms with Crippen molar-refractivity contribution in [2.75, 3.05) is 23.8 Å². The quantitative estimate of drug-likeness (QED) is 0.103. The predicted molar refractivity (Wildman–Crippen MR) is 178 cm³/mol. The first-order valence-corrected chi connectivity index (χ1v) is 14.6. The molecule has 0 radical (unpaired) electrons. The zero-order valence-corrected chi connectivity index (χ0v) is 25.1. The zero-order chi connectivity index (χ0) is 31.5. The Balaban J connectivity index is 0.000000380. The largest absolute Gasteiger partial charge is 0.451 e. The highest BCUT2D eigenvalue weighted by Gasteiger charge is 2.21. The number of nitrogens with one attached hydrogen (secondary N) is 3. The van der Waals surface area contributed by atoms with Gasteiger partial charge in [0.1, 0.15) is 23.5 Å². The van der Waals surface area contributed by atoms with E-state index in [1.807, 2.05) is 79.7 Å². The number of furan rings is 1. The number of nitrogen functional groups attached to an aromatic ring is 2. The highest BCUT2D eigenvalue weighted by molar-refractivity contribution is 6.16. The van der Waals surface area contributed by atoms with Gasteiger partial charge in [0.05, 0.1) is 11.3 Å². The molecule has 0 aliphatic heterocycles. The van der Waals surface area contributed by atoms with Gasteiger partial charge in [0.15, 0.2) is 5.76 Å². The molecule has 5 aromatic rings. The number of nitrogens with two attached hydrogens (primary N) is 3. The molecule has 1 aliphatic carbocycles. The Morgan fingerprint density at radius 2 is 1.64 bits per heavy atom. The number of nitrogens with zero attached hydrogens (tertiary/aromatic N) is 2. The minimum absolute atomic E-state index is 0.261. The molecule has 0 unspecified atom stereocenters. The predicted octanol–water partition coefficient (Wildman–Crippen LogP) is 5.66. The number of aryl methyl sites for hydroxylation is 1. The molecule has 2 aromatic heterocycles. The minimum atomic E-state index is -0.273. The molecule has 0 spiro atoms. The molecule has 3 aromatic carbocycles. The standard InChI is InChI=1S/C26H26N6O2.C7H9N.CH5N/c27-23(22-24(28)30-15-31-25(22)32-19-6-2-3-7-19)17-11-9-16(10-12-17)14-29-26(33)21-13-18-5-1-4-8-20(18)34-21;1-6-4-2-3-5-7(6)8;1-2/h1,4-5,8-13,15,19,27H,2-3,6-7,14H2,(H,29,33)(H3,28,30,31,32);2-5H,8H2,1H3;2H2,1H3. The summed E-state index contributed by atoms with van der Waals surface area (Å²) in [5.74, 6) is 0.889. The van der Waals surface area contributed by atoms with Crippen molar-refractivity contribution in [3.8, 4) is 0 Å². The first-order valence-electron chi connectivity index (χ1n) is 14.6. The van der Waals surface area contributed by atoms with Gasteiger partial charge >= 0.3 is 0 Å². The van der Waals surface area contributed by atoms with E-state index in [9.17, 15) is 4.79 Å². The summed E-state index contributed by atoms with van der Waals surface area (Å²) in [6.07, 6.45) is 5.99.